The number of rotatable bonds is 5. The van der Waals surface area contributed by atoms with Crippen LogP contribution in [-0.2, 0) is 11.3 Å². The summed E-state index contributed by atoms with van der Waals surface area (Å²) in [6.45, 7) is 5.87. The van der Waals surface area contributed by atoms with Crippen molar-refractivity contribution in [2.24, 2.45) is 0 Å². The van der Waals surface area contributed by atoms with Gasteiger partial charge in [-0.3, -0.25) is 9.78 Å². The van der Waals surface area contributed by atoms with Crippen LogP contribution in [0.4, 0.5) is 13.6 Å². The average molecular weight is 628 g/mol. The first-order chi connectivity index (χ1) is 20.5. The predicted octanol–water partition coefficient (Wildman–Crippen LogP) is 9.01. The molecule has 0 saturated heterocycles. The van der Waals surface area contributed by atoms with Gasteiger partial charge in [0.1, 0.15) is 22.1 Å². The van der Waals surface area contributed by atoms with E-state index in [0.29, 0.717) is 6.54 Å². The van der Waals surface area contributed by atoms with Crippen LogP contribution in [0.3, 0.4) is 0 Å². The monoisotopic (exact) mass is 627 g/mol. The lowest BCUT2D eigenvalue weighted by atomic mass is 9.93. The SMILES string of the molecule is CNC(=O)OC(C)(C)C.O=C(c1sc2c(F)ccc(F)c2c1Cl)N(Cc1cccc(-c2ccncc2)c1)C1CCCCC1. The molecule has 1 fully saturated rings. The molecule has 2 amide bonds. The fraction of sp³-hybridized carbons (Fsp3) is 0.364. The molecule has 0 spiro atoms. The van der Waals surface area contributed by atoms with Crippen LogP contribution < -0.4 is 5.32 Å². The van der Waals surface area contributed by atoms with Gasteiger partial charge in [-0.15, -0.1) is 11.3 Å². The Morgan fingerprint density at radius 1 is 1.02 bits per heavy atom. The van der Waals surface area contributed by atoms with Crippen LogP contribution in [0.5, 0.6) is 0 Å². The first-order valence-electron chi connectivity index (χ1n) is 14.3. The molecule has 10 heteroatoms. The minimum atomic E-state index is -0.619. The van der Waals surface area contributed by atoms with Crippen molar-refractivity contribution >= 4 is 45.0 Å². The second-order valence-electron chi connectivity index (χ2n) is 11.4. The molecule has 0 bridgehead atoms. The highest BCUT2D eigenvalue weighted by Crippen LogP contribution is 2.40. The molecule has 1 aliphatic carbocycles. The minimum absolute atomic E-state index is 0.00616. The third kappa shape index (κ3) is 8.30. The second kappa shape index (κ2) is 14.3. The summed E-state index contributed by atoms with van der Waals surface area (Å²) in [4.78, 5) is 30.4. The van der Waals surface area contributed by atoms with Gasteiger partial charge in [-0.25, -0.2) is 13.6 Å². The molecule has 0 aliphatic heterocycles. The number of carbonyl (C=O) groups is 2. The number of alkyl carbamates (subject to hydrolysis) is 1. The summed E-state index contributed by atoms with van der Waals surface area (Å²) in [5, 5.41) is 2.34. The van der Waals surface area contributed by atoms with Crippen molar-refractivity contribution in [1.29, 1.82) is 0 Å². The molecular weight excluding hydrogens is 592 g/mol. The van der Waals surface area contributed by atoms with E-state index in [1.807, 2.05) is 56.0 Å². The third-order valence-corrected chi connectivity index (χ3v) is 8.73. The zero-order valence-corrected chi connectivity index (χ0v) is 26.3. The van der Waals surface area contributed by atoms with Crippen molar-refractivity contribution in [2.45, 2.75) is 71.1 Å². The molecule has 2 aromatic carbocycles. The molecule has 6 nitrogen and oxygen atoms in total. The van der Waals surface area contributed by atoms with Crippen molar-refractivity contribution < 1.29 is 23.1 Å². The molecule has 228 valence electrons. The van der Waals surface area contributed by atoms with Gasteiger partial charge in [0.25, 0.3) is 5.91 Å². The van der Waals surface area contributed by atoms with Gasteiger partial charge in [-0.2, -0.15) is 0 Å². The highest BCUT2D eigenvalue weighted by molar-refractivity contribution is 7.21. The van der Waals surface area contributed by atoms with Crippen LogP contribution in [0, 0.1) is 11.6 Å². The van der Waals surface area contributed by atoms with E-state index in [-0.39, 0.29) is 43.6 Å². The van der Waals surface area contributed by atoms with Gasteiger partial charge in [0.2, 0.25) is 0 Å². The Bertz CT molecular complexity index is 1570. The van der Waals surface area contributed by atoms with Crippen LogP contribution in [0.1, 0.15) is 68.1 Å². The molecular formula is C33H36ClF2N3O3S. The van der Waals surface area contributed by atoms with Gasteiger partial charge in [0.15, 0.2) is 0 Å². The van der Waals surface area contributed by atoms with Gasteiger partial charge < -0.3 is 15.0 Å². The van der Waals surface area contributed by atoms with Gasteiger partial charge in [-0.1, -0.05) is 49.1 Å². The van der Waals surface area contributed by atoms with Gasteiger partial charge >= 0.3 is 6.09 Å². The van der Waals surface area contributed by atoms with Crippen molar-refractivity contribution in [3.63, 3.8) is 0 Å². The normalized spacial score (nSPS) is 13.7. The van der Waals surface area contributed by atoms with Crippen molar-refractivity contribution in [2.75, 3.05) is 7.05 Å². The second-order valence-corrected chi connectivity index (χ2v) is 12.8. The molecule has 2 heterocycles. The summed E-state index contributed by atoms with van der Waals surface area (Å²) >= 11 is 7.40. The van der Waals surface area contributed by atoms with Crippen LogP contribution in [0.15, 0.2) is 60.9 Å². The number of amides is 2. The zero-order valence-electron chi connectivity index (χ0n) is 24.8. The van der Waals surface area contributed by atoms with E-state index >= 15 is 0 Å². The highest BCUT2D eigenvalue weighted by Gasteiger charge is 2.31. The Morgan fingerprint density at radius 3 is 2.30 bits per heavy atom. The molecule has 4 aromatic rings. The van der Waals surface area contributed by atoms with E-state index in [1.54, 1.807) is 12.4 Å². The number of hydrogen-bond acceptors (Lipinski definition) is 5. The lowest BCUT2D eigenvalue weighted by molar-refractivity contribution is 0.0540. The van der Waals surface area contributed by atoms with Crippen molar-refractivity contribution in [3.8, 4) is 11.1 Å². The van der Waals surface area contributed by atoms with E-state index in [0.717, 1.165) is 72.3 Å². The zero-order chi connectivity index (χ0) is 31.1. The van der Waals surface area contributed by atoms with Crippen LogP contribution in [-0.4, -0.2) is 40.6 Å². The molecule has 5 rings (SSSR count). The van der Waals surface area contributed by atoms with Crippen LogP contribution in [0.2, 0.25) is 5.02 Å². The molecule has 0 atom stereocenters. The number of benzene rings is 2. The lowest BCUT2D eigenvalue weighted by Gasteiger charge is -2.34. The Morgan fingerprint density at radius 2 is 1.70 bits per heavy atom. The molecule has 1 N–H and O–H groups in total. The topological polar surface area (TPSA) is 71.5 Å². The number of nitrogens with zero attached hydrogens (tertiary/aromatic N) is 2. The Hall–Kier alpha value is -3.56. The van der Waals surface area contributed by atoms with Gasteiger partial charge in [0.05, 0.1) is 15.1 Å². The number of ether oxygens (including phenoxy) is 1. The summed E-state index contributed by atoms with van der Waals surface area (Å²) in [7, 11) is 1.54. The number of hydrogen-bond donors (Lipinski definition) is 1. The van der Waals surface area contributed by atoms with E-state index in [9.17, 15) is 18.4 Å². The summed E-state index contributed by atoms with van der Waals surface area (Å²) in [6.07, 6.45) is 8.17. The first-order valence-corrected chi connectivity index (χ1v) is 15.4. The van der Waals surface area contributed by atoms with E-state index in [4.69, 9.17) is 16.3 Å². The molecule has 43 heavy (non-hydrogen) atoms. The summed E-state index contributed by atoms with van der Waals surface area (Å²) in [5.74, 6) is -1.46. The number of carbonyl (C=O) groups excluding carboxylic acids is 2. The number of nitrogens with one attached hydrogen (secondary N) is 1. The van der Waals surface area contributed by atoms with Gasteiger partial charge in [-0.05, 0) is 80.6 Å². The molecule has 0 unspecified atom stereocenters. The summed E-state index contributed by atoms with van der Waals surface area (Å²) in [6, 6.07) is 14.2. The highest BCUT2D eigenvalue weighted by atomic mass is 35.5. The first kappa shape index (κ1) is 32.4. The number of aromatic nitrogens is 1. The molecule has 2 aromatic heterocycles. The number of pyridine rings is 1. The molecule has 1 saturated carbocycles. The van der Waals surface area contributed by atoms with Crippen molar-refractivity contribution in [3.05, 3.63) is 88.0 Å². The molecule has 0 radical (unpaired) electrons. The standard InChI is InChI=1S/C27H23ClF2N2OS.C6H13NO2/c28-24-23-21(29)9-10-22(30)25(23)34-26(24)27(33)32(20-7-2-1-3-8-20)16-17-5-4-6-19(15-17)18-11-13-31-14-12-18;1-6(2,3)9-5(8)7-4/h4-6,9-15,20H,1-3,7-8,16H2;1-4H3,(H,7,8). The van der Waals surface area contributed by atoms with E-state index in [2.05, 4.69) is 16.4 Å². The Balaban J connectivity index is 0.000000410. The van der Waals surface area contributed by atoms with E-state index in [1.165, 1.54) is 7.05 Å². The van der Waals surface area contributed by atoms with Gasteiger partial charge in [0, 0.05) is 32.0 Å². The Kier molecular flexibility index (Phi) is 10.7. The predicted molar refractivity (Wildman–Crippen MR) is 168 cm³/mol. The average Bonchev–Trinajstić information content (AvgIpc) is 3.36. The Labute approximate surface area is 260 Å². The maximum absolute atomic E-state index is 14.4. The third-order valence-electron chi connectivity index (χ3n) is 7.05. The maximum Gasteiger partial charge on any atom is 0.407 e. The number of thiophene rings is 1. The minimum Gasteiger partial charge on any atom is -0.444 e. The smallest absolute Gasteiger partial charge is 0.407 e. The fourth-order valence-corrected chi connectivity index (χ4v) is 6.55. The largest absolute Gasteiger partial charge is 0.444 e. The van der Waals surface area contributed by atoms with Crippen LogP contribution in [0.25, 0.3) is 21.2 Å². The number of halogens is 3. The summed E-state index contributed by atoms with van der Waals surface area (Å²) < 4.78 is 33.7. The fourth-order valence-electron chi connectivity index (χ4n) is 5.04. The summed E-state index contributed by atoms with van der Waals surface area (Å²) in [5.41, 5.74) is 2.69. The quantitative estimate of drug-likeness (QED) is 0.240. The van der Waals surface area contributed by atoms with E-state index < -0.39 is 11.6 Å². The lowest BCUT2D eigenvalue weighted by Crippen LogP contribution is -2.40. The molecule has 1 aliphatic rings. The maximum atomic E-state index is 14.4. The van der Waals surface area contributed by atoms with Crippen molar-refractivity contribution in [1.82, 2.24) is 15.2 Å². The number of fused-ring (bicyclic) bond motifs is 1. The van der Waals surface area contributed by atoms with Crippen LogP contribution >= 0.6 is 22.9 Å².